The molecular weight excluding hydrogens is 172 g/mol. The Morgan fingerprint density at radius 3 is 2.92 bits per heavy atom. The van der Waals surface area contributed by atoms with Crippen LogP contribution in [0.5, 0.6) is 0 Å². The topological polar surface area (TPSA) is 38.8 Å². The van der Waals surface area contributed by atoms with Gasteiger partial charge in [-0.05, 0) is 25.4 Å². The molecule has 1 heterocycles. The van der Waals surface area contributed by atoms with E-state index >= 15 is 0 Å². The first-order valence-corrected chi connectivity index (χ1v) is 6.59. The Hall–Kier alpha value is -0.0631. The second-order valence-corrected chi connectivity index (χ2v) is 5.09. The molecule has 0 spiro atoms. The third kappa shape index (κ3) is 5.57. The van der Waals surface area contributed by atoms with Gasteiger partial charge in [0.15, 0.2) is 0 Å². The maximum Gasteiger partial charge on any atom is 0.273 e. The van der Waals surface area contributed by atoms with Gasteiger partial charge in [0, 0.05) is 6.61 Å². The maximum atomic E-state index is 10.7. The van der Waals surface area contributed by atoms with Crippen LogP contribution in [0.4, 0.5) is 0 Å². The minimum absolute atomic E-state index is 0.371. The predicted octanol–water partition coefficient (Wildman–Crippen LogP) is 1.23. The van der Waals surface area contributed by atoms with E-state index in [1.807, 2.05) is 6.55 Å². The van der Waals surface area contributed by atoms with Gasteiger partial charge in [-0.2, -0.15) is 0 Å². The Morgan fingerprint density at radius 1 is 1.58 bits per heavy atom. The molecule has 1 aliphatic heterocycles. The van der Waals surface area contributed by atoms with E-state index in [-0.39, 0.29) is 0 Å². The van der Waals surface area contributed by atoms with Crippen molar-refractivity contribution in [1.82, 2.24) is 0 Å². The third-order valence-corrected chi connectivity index (χ3v) is 2.83. The summed E-state index contributed by atoms with van der Waals surface area (Å²) < 4.78 is 21.0. The molecule has 0 bridgehead atoms. The van der Waals surface area contributed by atoms with Crippen LogP contribution in [0.2, 0.25) is 12.6 Å². The first-order valence-electron chi connectivity index (χ1n) is 4.48. The van der Waals surface area contributed by atoms with Crippen molar-refractivity contribution in [3.05, 3.63) is 0 Å². The largest absolute Gasteiger partial charge is 0.389 e. The zero-order valence-electron chi connectivity index (χ0n) is 7.54. The van der Waals surface area contributed by atoms with Crippen LogP contribution in [0, 0.1) is 0 Å². The third-order valence-electron chi connectivity index (χ3n) is 1.77. The van der Waals surface area contributed by atoms with Crippen molar-refractivity contribution in [3.63, 3.8) is 0 Å². The highest BCUT2D eigenvalue weighted by Gasteiger charge is 2.21. The molecule has 4 heteroatoms. The summed E-state index contributed by atoms with van der Waals surface area (Å²) in [6.07, 6.45) is 2.42. The van der Waals surface area contributed by atoms with Crippen LogP contribution in [0.3, 0.4) is 0 Å². The molecule has 0 radical (unpaired) electrons. The molecule has 1 unspecified atom stereocenters. The SMILES string of the molecule is C[Si](=O)CCCCOCC1CO1. The van der Waals surface area contributed by atoms with E-state index in [0.717, 1.165) is 38.7 Å². The van der Waals surface area contributed by atoms with Crippen LogP contribution in [-0.2, 0) is 13.9 Å². The van der Waals surface area contributed by atoms with Crippen LogP contribution in [0.1, 0.15) is 12.8 Å². The van der Waals surface area contributed by atoms with Gasteiger partial charge in [-0.15, -0.1) is 0 Å². The predicted molar refractivity (Wildman–Crippen MR) is 46.9 cm³/mol. The first-order chi connectivity index (χ1) is 5.79. The summed E-state index contributed by atoms with van der Waals surface area (Å²) in [5.41, 5.74) is 0. The molecule has 12 heavy (non-hydrogen) atoms. The van der Waals surface area contributed by atoms with E-state index in [1.165, 1.54) is 0 Å². The lowest BCUT2D eigenvalue weighted by atomic mass is 10.3. The van der Waals surface area contributed by atoms with Gasteiger partial charge >= 0.3 is 0 Å². The Kier molecular flexibility index (Phi) is 4.64. The fourth-order valence-electron chi connectivity index (χ4n) is 0.957. The molecule has 0 aliphatic carbocycles. The Morgan fingerprint density at radius 2 is 2.33 bits per heavy atom. The Labute approximate surface area is 74.7 Å². The normalized spacial score (nSPS) is 20.9. The Bertz CT molecular complexity index is 145. The standard InChI is InChI=1S/C8H16O3Si/c1-12(9)5-3-2-4-10-6-8-7-11-8/h8H,2-7H2,1H3. The van der Waals surface area contributed by atoms with E-state index in [9.17, 15) is 4.46 Å². The molecule has 1 atom stereocenters. The number of rotatable bonds is 7. The van der Waals surface area contributed by atoms with E-state index in [0.29, 0.717) is 6.10 Å². The van der Waals surface area contributed by atoms with Crippen molar-refractivity contribution >= 4 is 8.68 Å². The molecule has 1 aliphatic rings. The number of unbranched alkanes of at least 4 members (excludes halogenated alkanes) is 1. The fraction of sp³-hybridized carbons (Fsp3) is 1.00. The van der Waals surface area contributed by atoms with Crippen molar-refractivity contribution < 1.29 is 13.9 Å². The molecule has 1 saturated heterocycles. The van der Waals surface area contributed by atoms with E-state index in [4.69, 9.17) is 9.47 Å². The quantitative estimate of drug-likeness (QED) is 0.343. The zero-order valence-corrected chi connectivity index (χ0v) is 8.54. The van der Waals surface area contributed by atoms with E-state index in [1.54, 1.807) is 0 Å². The monoisotopic (exact) mass is 188 g/mol. The minimum atomic E-state index is -1.26. The molecule has 1 fully saturated rings. The fourth-order valence-corrected chi connectivity index (χ4v) is 1.71. The van der Waals surface area contributed by atoms with Crippen LogP contribution in [0.25, 0.3) is 0 Å². The summed E-state index contributed by atoms with van der Waals surface area (Å²) in [5, 5.41) is 0. The van der Waals surface area contributed by atoms with Crippen molar-refractivity contribution in [2.75, 3.05) is 19.8 Å². The van der Waals surface area contributed by atoms with Gasteiger partial charge < -0.3 is 13.9 Å². The van der Waals surface area contributed by atoms with Gasteiger partial charge in [0.2, 0.25) is 0 Å². The summed E-state index contributed by atoms with van der Waals surface area (Å²) in [5.74, 6) is 0. The van der Waals surface area contributed by atoms with Gasteiger partial charge in [0.1, 0.15) is 6.10 Å². The highest BCUT2D eigenvalue weighted by atomic mass is 28.3. The lowest BCUT2D eigenvalue weighted by Gasteiger charge is -1.99. The molecule has 3 nitrogen and oxygen atoms in total. The number of hydrogen-bond donors (Lipinski definition) is 0. The number of ether oxygens (including phenoxy) is 2. The molecule has 0 aromatic rings. The lowest BCUT2D eigenvalue weighted by molar-refractivity contribution is 0.114. The molecule has 0 amide bonds. The molecule has 0 saturated carbocycles. The van der Waals surface area contributed by atoms with Gasteiger partial charge in [0.05, 0.1) is 13.2 Å². The van der Waals surface area contributed by atoms with Gasteiger partial charge in [-0.1, -0.05) is 0 Å². The first kappa shape index (κ1) is 10.0. The smallest absolute Gasteiger partial charge is 0.273 e. The van der Waals surface area contributed by atoms with Crippen LogP contribution in [-0.4, -0.2) is 34.6 Å². The second kappa shape index (κ2) is 5.56. The highest BCUT2D eigenvalue weighted by Crippen LogP contribution is 2.08. The molecule has 1 rings (SSSR count). The molecule has 70 valence electrons. The number of hydrogen-bond acceptors (Lipinski definition) is 3. The van der Waals surface area contributed by atoms with E-state index in [2.05, 4.69) is 0 Å². The van der Waals surface area contributed by atoms with Crippen molar-refractivity contribution in [1.29, 1.82) is 0 Å². The van der Waals surface area contributed by atoms with Crippen LogP contribution < -0.4 is 0 Å². The lowest BCUT2D eigenvalue weighted by Crippen LogP contribution is -2.03. The van der Waals surface area contributed by atoms with Gasteiger partial charge in [0.25, 0.3) is 8.68 Å². The second-order valence-electron chi connectivity index (χ2n) is 3.19. The molecule has 0 N–H and O–H groups in total. The average Bonchev–Trinajstić information content (AvgIpc) is 2.79. The van der Waals surface area contributed by atoms with Crippen molar-refractivity contribution in [2.24, 2.45) is 0 Å². The van der Waals surface area contributed by atoms with E-state index < -0.39 is 8.68 Å². The van der Waals surface area contributed by atoms with Crippen molar-refractivity contribution in [2.45, 2.75) is 31.5 Å². The average molecular weight is 188 g/mol. The maximum absolute atomic E-state index is 10.7. The molecule has 0 aromatic heterocycles. The molecular formula is C8H16O3Si. The minimum Gasteiger partial charge on any atom is -0.389 e. The summed E-state index contributed by atoms with van der Waals surface area (Å²) in [6.45, 7) is 4.20. The Balaban J connectivity index is 1.73. The van der Waals surface area contributed by atoms with Crippen LogP contribution in [0.15, 0.2) is 0 Å². The highest BCUT2D eigenvalue weighted by molar-refractivity contribution is 6.40. The summed E-state index contributed by atoms with van der Waals surface area (Å²) in [7, 11) is -1.26. The molecule has 0 aromatic carbocycles. The van der Waals surface area contributed by atoms with Crippen molar-refractivity contribution in [3.8, 4) is 0 Å². The zero-order chi connectivity index (χ0) is 8.81. The van der Waals surface area contributed by atoms with Crippen LogP contribution >= 0.6 is 0 Å². The van der Waals surface area contributed by atoms with Gasteiger partial charge in [-0.25, -0.2) is 0 Å². The number of epoxide rings is 1. The summed E-state index contributed by atoms with van der Waals surface area (Å²) in [4.78, 5) is 0. The summed E-state index contributed by atoms with van der Waals surface area (Å²) >= 11 is 0. The van der Waals surface area contributed by atoms with Gasteiger partial charge in [-0.3, -0.25) is 0 Å². The summed E-state index contributed by atoms with van der Waals surface area (Å²) in [6, 6.07) is 0.869.